The standard InChI is InChI=1S/C16H16N2O4S/c1-18-10-12(9-17-18)23(19,20)22-11-6-7-16-14(8-11)13-4-2-3-5-15(13)21-16/h6-10H,2-5H2,1H3. The number of aryl methyl sites for hydroxylation is 3. The number of rotatable bonds is 3. The number of nitrogens with zero attached hydrogens (tertiary/aromatic N) is 2. The van der Waals surface area contributed by atoms with E-state index < -0.39 is 10.1 Å². The van der Waals surface area contributed by atoms with Crippen LogP contribution in [0.3, 0.4) is 0 Å². The molecule has 0 radical (unpaired) electrons. The second-order valence-corrected chi connectivity index (χ2v) is 7.30. The first-order valence-corrected chi connectivity index (χ1v) is 8.91. The van der Waals surface area contributed by atoms with Crippen LogP contribution in [0.25, 0.3) is 11.0 Å². The van der Waals surface area contributed by atoms with Gasteiger partial charge in [0.15, 0.2) is 0 Å². The second kappa shape index (κ2) is 5.13. The van der Waals surface area contributed by atoms with Gasteiger partial charge in [-0.15, -0.1) is 0 Å². The van der Waals surface area contributed by atoms with E-state index in [1.165, 1.54) is 22.6 Å². The zero-order valence-corrected chi connectivity index (χ0v) is 13.5. The minimum Gasteiger partial charge on any atom is -0.461 e. The van der Waals surface area contributed by atoms with Crippen molar-refractivity contribution >= 4 is 21.1 Å². The number of aromatic nitrogens is 2. The summed E-state index contributed by atoms with van der Waals surface area (Å²) in [5, 5.41) is 4.81. The summed E-state index contributed by atoms with van der Waals surface area (Å²) in [6, 6.07) is 5.13. The van der Waals surface area contributed by atoms with Gasteiger partial charge >= 0.3 is 10.1 Å². The van der Waals surface area contributed by atoms with Crippen molar-refractivity contribution in [1.29, 1.82) is 0 Å². The molecule has 120 valence electrons. The van der Waals surface area contributed by atoms with E-state index in [4.69, 9.17) is 8.60 Å². The molecule has 0 amide bonds. The minimum atomic E-state index is -3.88. The SMILES string of the molecule is Cn1cc(S(=O)(=O)Oc2ccc3oc4c(c3c2)CCCC4)cn1. The van der Waals surface area contributed by atoms with Crippen LogP contribution in [0, 0.1) is 0 Å². The molecule has 0 bridgehead atoms. The first-order chi connectivity index (χ1) is 11.0. The highest BCUT2D eigenvalue weighted by Crippen LogP contribution is 2.34. The predicted octanol–water partition coefficient (Wildman–Crippen LogP) is 2.81. The number of hydrogen-bond acceptors (Lipinski definition) is 5. The summed E-state index contributed by atoms with van der Waals surface area (Å²) in [6.45, 7) is 0. The Morgan fingerprint density at radius 2 is 2.09 bits per heavy atom. The monoisotopic (exact) mass is 332 g/mol. The molecule has 3 aromatic rings. The van der Waals surface area contributed by atoms with Crippen molar-refractivity contribution in [2.24, 2.45) is 7.05 Å². The Balaban J connectivity index is 1.72. The molecule has 0 aliphatic heterocycles. The Hall–Kier alpha value is -2.28. The molecule has 2 heterocycles. The van der Waals surface area contributed by atoms with Crippen molar-refractivity contribution in [1.82, 2.24) is 9.78 Å². The van der Waals surface area contributed by atoms with E-state index in [0.29, 0.717) is 0 Å². The average Bonchev–Trinajstić information content (AvgIpc) is 3.11. The van der Waals surface area contributed by atoms with Gasteiger partial charge in [0.2, 0.25) is 0 Å². The molecule has 0 spiro atoms. The van der Waals surface area contributed by atoms with E-state index in [-0.39, 0.29) is 10.6 Å². The predicted molar refractivity (Wildman–Crippen MR) is 83.9 cm³/mol. The molecule has 7 heteroatoms. The van der Waals surface area contributed by atoms with Crippen molar-refractivity contribution < 1.29 is 17.0 Å². The summed E-state index contributed by atoms with van der Waals surface area (Å²) in [6.07, 6.45) is 6.84. The van der Waals surface area contributed by atoms with Crippen LogP contribution in [-0.4, -0.2) is 18.2 Å². The molecule has 0 atom stereocenters. The molecule has 2 aromatic heterocycles. The molecular formula is C16H16N2O4S. The van der Waals surface area contributed by atoms with Gasteiger partial charge in [-0.25, -0.2) is 0 Å². The molecular weight excluding hydrogens is 316 g/mol. The fraction of sp³-hybridized carbons (Fsp3) is 0.312. The second-order valence-electron chi connectivity index (χ2n) is 5.76. The van der Waals surface area contributed by atoms with Crippen molar-refractivity contribution in [3.63, 3.8) is 0 Å². The van der Waals surface area contributed by atoms with Gasteiger partial charge in [-0.3, -0.25) is 4.68 Å². The van der Waals surface area contributed by atoms with E-state index in [9.17, 15) is 8.42 Å². The van der Waals surface area contributed by atoms with Crippen molar-refractivity contribution in [2.75, 3.05) is 0 Å². The largest absolute Gasteiger partial charge is 0.461 e. The summed E-state index contributed by atoms with van der Waals surface area (Å²) in [5.74, 6) is 1.30. The van der Waals surface area contributed by atoms with Gasteiger partial charge in [0.05, 0.1) is 6.20 Å². The first kappa shape index (κ1) is 14.3. The molecule has 1 aliphatic rings. The molecule has 6 nitrogen and oxygen atoms in total. The van der Waals surface area contributed by atoms with E-state index in [2.05, 4.69) is 5.10 Å². The van der Waals surface area contributed by atoms with Crippen molar-refractivity contribution in [2.45, 2.75) is 30.6 Å². The third-order valence-electron chi connectivity index (χ3n) is 4.10. The van der Waals surface area contributed by atoms with Crippen molar-refractivity contribution in [3.8, 4) is 5.75 Å². The zero-order valence-electron chi connectivity index (χ0n) is 12.7. The van der Waals surface area contributed by atoms with Gasteiger partial charge in [-0.2, -0.15) is 13.5 Å². The first-order valence-electron chi connectivity index (χ1n) is 7.50. The fourth-order valence-electron chi connectivity index (χ4n) is 3.00. The number of furan rings is 1. The van der Waals surface area contributed by atoms with E-state index in [0.717, 1.165) is 42.4 Å². The summed E-state index contributed by atoms with van der Waals surface area (Å²) in [5.41, 5.74) is 1.96. The lowest BCUT2D eigenvalue weighted by molar-refractivity contribution is 0.485. The molecule has 0 fully saturated rings. The summed E-state index contributed by atoms with van der Waals surface area (Å²) < 4.78 is 37.1. The summed E-state index contributed by atoms with van der Waals surface area (Å²) in [7, 11) is -2.22. The topological polar surface area (TPSA) is 74.3 Å². The van der Waals surface area contributed by atoms with Crippen LogP contribution >= 0.6 is 0 Å². The average molecular weight is 332 g/mol. The lowest BCUT2D eigenvalue weighted by Crippen LogP contribution is -2.09. The van der Waals surface area contributed by atoms with Crippen molar-refractivity contribution in [3.05, 3.63) is 41.9 Å². The van der Waals surface area contributed by atoms with Crippen LogP contribution in [0.4, 0.5) is 0 Å². The number of hydrogen-bond donors (Lipinski definition) is 0. The Labute approximate surface area is 133 Å². The fourth-order valence-corrected chi connectivity index (χ4v) is 3.91. The van der Waals surface area contributed by atoms with Gasteiger partial charge in [0.1, 0.15) is 22.0 Å². The smallest absolute Gasteiger partial charge is 0.342 e. The Morgan fingerprint density at radius 3 is 2.87 bits per heavy atom. The van der Waals surface area contributed by atoms with Gasteiger partial charge < -0.3 is 8.60 Å². The maximum Gasteiger partial charge on any atom is 0.342 e. The zero-order chi connectivity index (χ0) is 16.0. The normalized spacial score (nSPS) is 14.8. The lowest BCUT2D eigenvalue weighted by atomic mass is 9.96. The van der Waals surface area contributed by atoms with Gasteiger partial charge in [-0.05, 0) is 37.5 Å². The van der Waals surface area contributed by atoms with Crippen LogP contribution in [0.15, 0.2) is 39.9 Å². The molecule has 4 rings (SSSR count). The maximum atomic E-state index is 12.3. The van der Waals surface area contributed by atoms with Crippen LogP contribution in [0.2, 0.25) is 0 Å². The molecule has 0 N–H and O–H groups in total. The van der Waals surface area contributed by atoms with Crippen LogP contribution in [0.1, 0.15) is 24.2 Å². The number of benzene rings is 1. The van der Waals surface area contributed by atoms with Gasteiger partial charge in [-0.1, -0.05) is 0 Å². The Kier molecular flexibility index (Phi) is 3.19. The molecule has 1 aliphatic carbocycles. The lowest BCUT2D eigenvalue weighted by Gasteiger charge is -2.09. The highest BCUT2D eigenvalue weighted by atomic mass is 32.2. The van der Waals surface area contributed by atoms with E-state index in [1.54, 1.807) is 25.2 Å². The number of fused-ring (bicyclic) bond motifs is 3. The van der Waals surface area contributed by atoms with Crippen LogP contribution < -0.4 is 4.18 Å². The quantitative estimate of drug-likeness (QED) is 0.690. The van der Waals surface area contributed by atoms with Gasteiger partial charge in [0, 0.05) is 30.6 Å². The Bertz CT molecular complexity index is 985. The minimum absolute atomic E-state index is 0.0364. The maximum absolute atomic E-state index is 12.3. The van der Waals surface area contributed by atoms with Gasteiger partial charge in [0.25, 0.3) is 0 Å². The molecule has 0 unspecified atom stereocenters. The molecule has 0 saturated carbocycles. The van der Waals surface area contributed by atoms with E-state index >= 15 is 0 Å². The van der Waals surface area contributed by atoms with Crippen LogP contribution in [0.5, 0.6) is 5.75 Å². The van der Waals surface area contributed by atoms with Crippen LogP contribution in [-0.2, 0) is 30.0 Å². The van der Waals surface area contributed by atoms with E-state index in [1.807, 2.05) is 0 Å². The highest BCUT2D eigenvalue weighted by molar-refractivity contribution is 7.87. The highest BCUT2D eigenvalue weighted by Gasteiger charge is 2.21. The molecule has 23 heavy (non-hydrogen) atoms. The summed E-state index contributed by atoms with van der Waals surface area (Å²) >= 11 is 0. The third-order valence-corrected chi connectivity index (χ3v) is 5.30. The Morgan fingerprint density at radius 1 is 1.26 bits per heavy atom. The molecule has 0 saturated heterocycles. The third kappa shape index (κ3) is 2.50. The summed E-state index contributed by atoms with van der Waals surface area (Å²) in [4.78, 5) is 0.0364. The molecule has 1 aromatic carbocycles.